The Labute approximate surface area is 121 Å². The Morgan fingerprint density at radius 3 is 2.60 bits per heavy atom. The second kappa shape index (κ2) is 6.90. The normalized spacial score (nSPS) is 18.6. The molecule has 1 aliphatic rings. The first-order valence-corrected chi connectivity index (χ1v) is 7.00. The molecule has 1 amide bonds. The lowest BCUT2D eigenvalue weighted by Gasteiger charge is -2.30. The average Bonchev–Trinajstić information content (AvgIpc) is 2.45. The number of allylic oxidation sites excluding steroid dienone is 3. The molecule has 0 N–H and O–H groups in total. The minimum absolute atomic E-state index is 0.188. The fourth-order valence-electron chi connectivity index (χ4n) is 2.57. The largest absolute Gasteiger partial charge is 0.315 e. The predicted octanol–water partition coefficient (Wildman–Crippen LogP) is 4.07. The van der Waals surface area contributed by atoms with Crippen molar-refractivity contribution in [2.75, 3.05) is 0 Å². The van der Waals surface area contributed by atoms with Crippen molar-refractivity contribution in [3.8, 4) is 0 Å². The van der Waals surface area contributed by atoms with Crippen molar-refractivity contribution in [2.24, 2.45) is 5.92 Å². The third kappa shape index (κ3) is 3.47. The van der Waals surface area contributed by atoms with Gasteiger partial charge >= 0.3 is 0 Å². The van der Waals surface area contributed by atoms with E-state index in [1.54, 1.807) is 0 Å². The van der Waals surface area contributed by atoms with Gasteiger partial charge in [0.1, 0.15) is 0 Å². The van der Waals surface area contributed by atoms with Crippen LogP contribution in [0.2, 0.25) is 0 Å². The molecule has 1 aliphatic heterocycles. The first kappa shape index (κ1) is 14.3. The van der Waals surface area contributed by atoms with Crippen LogP contribution in [0.4, 0.5) is 0 Å². The quantitative estimate of drug-likeness (QED) is 0.711. The first-order valence-electron chi connectivity index (χ1n) is 7.00. The van der Waals surface area contributed by atoms with Crippen LogP contribution in [0, 0.1) is 5.92 Å². The van der Waals surface area contributed by atoms with Gasteiger partial charge in [0, 0.05) is 12.6 Å². The summed E-state index contributed by atoms with van der Waals surface area (Å²) in [4.78, 5) is 14.1. The molecule has 0 saturated carbocycles. The molecular formula is C18H21NO. The molecule has 20 heavy (non-hydrogen) atoms. The molecule has 1 aromatic carbocycles. The minimum Gasteiger partial charge on any atom is -0.315 e. The average molecular weight is 267 g/mol. The molecule has 2 heteroatoms. The highest BCUT2D eigenvalue weighted by atomic mass is 16.2. The number of carbonyl (C=O) groups is 1. The van der Waals surface area contributed by atoms with Gasteiger partial charge in [-0.05, 0) is 29.9 Å². The number of benzene rings is 1. The highest BCUT2D eigenvalue weighted by Crippen LogP contribution is 2.29. The van der Waals surface area contributed by atoms with Gasteiger partial charge in [0.2, 0.25) is 5.91 Å². The maximum absolute atomic E-state index is 12.3. The van der Waals surface area contributed by atoms with E-state index in [1.165, 1.54) is 5.57 Å². The second-order valence-corrected chi connectivity index (χ2v) is 5.13. The molecule has 2 rings (SSSR count). The summed E-state index contributed by atoms with van der Waals surface area (Å²) in [7, 11) is 0. The maximum Gasteiger partial charge on any atom is 0.227 e. The molecule has 0 saturated heterocycles. The summed E-state index contributed by atoms with van der Waals surface area (Å²) >= 11 is 0. The monoisotopic (exact) mass is 267 g/mol. The van der Waals surface area contributed by atoms with Gasteiger partial charge in [-0.2, -0.15) is 0 Å². The molecular weight excluding hydrogens is 246 g/mol. The topological polar surface area (TPSA) is 20.3 Å². The van der Waals surface area contributed by atoms with Gasteiger partial charge in [0.25, 0.3) is 0 Å². The number of nitrogens with zero attached hydrogens (tertiary/aromatic N) is 1. The summed E-state index contributed by atoms with van der Waals surface area (Å²) in [5.74, 6) is 0.471. The Balaban J connectivity index is 2.18. The SMILES string of the molecule is C=CCC1=CN(Cc2ccccc2)C(=O)CC1CC=C. The van der Waals surface area contributed by atoms with E-state index >= 15 is 0 Å². The van der Waals surface area contributed by atoms with Crippen LogP contribution in [-0.4, -0.2) is 10.8 Å². The van der Waals surface area contributed by atoms with Gasteiger partial charge in [0.15, 0.2) is 0 Å². The number of rotatable bonds is 6. The Morgan fingerprint density at radius 1 is 1.20 bits per heavy atom. The van der Waals surface area contributed by atoms with Crippen LogP contribution in [0.5, 0.6) is 0 Å². The Bertz CT molecular complexity index is 515. The molecule has 0 spiro atoms. The molecule has 0 fully saturated rings. The van der Waals surface area contributed by atoms with E-state index in [4.69, 9.17) is 0 Å². The van der Waals surface area contributed by atoms with Crippen molar-refractivity contribution >= 4 is 5.91 Å². The van der Waals surface area contributed by atoms with E-state index in [9.17, 15) is 4.79 Å². The molecule has 2 nitrogen and oxygen atoms in total. The molecule has 1 unspecified atom stereocenters. The van der Waals surface area contributed by atoms with Crippen LogP contribution >= 0.6 is 0 Å². The summed E-state index contributed by atoms with van der Waals surface area (Å²) < 4.78 is 0. The molecule has 0 bridgehead atoms. The van der Waals surface area contributed by atoms with Crippen LogP contribution in [0.1, 0.15) is 24.8 Å². The standard InChI is InChI=1S/C18H21NO/c1-3-8-16-12-18(20)19(14-17(16)9-4-2)13-15-10-6-5-7-11-15/h3-7,10-11,14,16H,1-2,8-9,12-13H2. The lowest BCUT2D eigenvalue weighted by molar-refractivity contribution is -0.130. The summed E-state index contributed by atoms with van der Waals surface area (Å²) in [5, 5.41) is 0. The van der Waals surface area contributed by atoms with Crippen LogP contribution < -0.4 is 0 Å². The highest BCUT2D eigenvalue weighted by Gasteiger charge is 2.25. The molecule has 0 radical (unpaired) electrons. The van der Waals surface area contributed by atoms with E-state index in [0.29, 0.717) is 13.0 Å². The Morgan fingerprint density at radius 2 is 1.95 bits per heavy atom. The lowest BCUT2D eigenvalue weighted by atomic mass is 9.87. The van der Waals surface area contributed by atoms with E-state index < -0.39 is 0 Å². The zero-order valence-corrected chi connectivity index (χ0v) is 11.8. The summed E-state index contributed by atoms with van der Waals surface area (Å²) in [6.45, 7) is 8.23. The fourth-order valence-corrected chi connectivity index (χ4v) is 2.57. The molecule has 0 aromatic heterocycles. The molecule has 1 atom stereocenters. The molecule has 1 aromatic rings. The summed E-state index contributed by atoms with van der Waals surface area (Å²) in [5.41, 5.74) is 2.42. The van der Waals surface area contributed by atoms with E-state index in [0.717, 1.165) is 18.4 Å². The number of carbonyl (C=O) groups excluding carboxylic acids is 1. The van der Waals surface area contributed by atoms with E-state index in [2.05, 4.69) is 13.2 Å². The molecule has 104 valence electrons. The summed E-state index contributed by atoms with van der Waals surface area (Å²) in [6.07, 6.45) is 8.05. The van der Waals surface area contributed by atoms with Crippen molar-refractivity contribution < 1.29 is 4.79 Å². The zero-order valence-electron chi connectivity index (χ0n) is 11.8. The number of amides is 1. The van der Waals surface area contributed by atoms with Crippen molar-refractivity contribution in [1.29, 1.82) is 0 Å². The van der Waals surface area contributed by atoms with Gasteiger partial charge in [-0.15, -0.1) is 13.2 Å². The van der Waals surface area contributed by atoms with E-state index in [-0.39, 0.29) is 11.8 Å². The molecule has 1 heterocycles. The highest BCUT2D eigenvalue weighted by molar-refractivity contribution is 5.79. The third-order valence-corrected chi connectivity index (χ3v) is 3.61. The van der Waals surface area contributed by atoms with Gasteiger partial charge in [-0.1, -0.05) is 42.5 Å². The summed E-state index contributed by atoms with van der Waals surface area (Å²) in [6, 6.07) is 10.1. The van der Waals surface area contributed by atoms with Gasteiger partial charge in [-0.3, -0.25) is 4.79 Å². The number of hydrogen-bond acceptors (Lipinski definition) is 1. The smallest absolute Gasteiger partial charge is 0.227 e. The predicted molar refractivity (Wildman–Crippen MR) is 82.8 cm³/mol. The van der Waals surface area contributed by atoms with E-state index in [1.807, 2.05) is 53.6 Å². The lowest BCUT2D eigenvalue weighted by Crippen LogP contribution is -2.32. The second-order valence-electron chi connectivity index (χ2n) is 5.13. The Hall–Kier alpha value is -2.09. The Kier molecular flexibility index (Phi) is 4.94. The minimum atomic E-state index is 0.188. The number of hydrogen-bond donors (Lipinski definition) is 0. The van der Waals surface area contributed by atoms with Crippen molar-refractivity contribution in [2.45, 2.75) is 25.8 Å². The third-order valence-electron chi connectivity index (χ3n) is 3.61. The van der Waals surface area contributed by atoms with Crippen LogP contribution in [-0.2, 0) is 11.3 Å². The van der Waals surface area contributed by atoms with Crippen LogP contribution in [0.15, 0.2) is 67.4 Å². The van der Waals surface area contributed by atoms with Crippen LogP contribution in [0.3, 0.4) is 0 Å². The van der Waals surface area contributed by atoms with Crippen molar-refractivity contribution in [3.05, 3.63) is 73.0 Å². The van der Waals surface area contributed by atoms with Gasteiger partial charge in [0.05, 0.1) is 6.54 Å². The first-order chi connectivity index (χ1) is 9.74. The fraction of sp³-hybridized carbons (Fsp3) is 0.278. The van der Waals surface area contributed by atoms with Gasteiger partial charge < -0.3 is 4.90 Å². The molecule has 0 aliphatic carbocycles. The van der Waals surface area contributed by atoms with Gasteiger partial charge in [-0.25, -0.2) is 0 Å². The van der Waals surface area contributed by atoms with Crippen LogP contribution in [0.25, 0.3) is 0 Å². The maximum atomic E-state index is 12.3. The van der Waals surface area contributed by atoms with Crippen molar-refractivity contribution in [3.63, 3.8) is 0 Å². The zero-order chi connectivity index (χ0) is 14.4. The van der Waals surface area contributed by atoms with Crippen molar-refractivity contribution in [1.82, 2.24) is 4.90 Å².